The number of hydrogen-bond acceptors (Lipinski definition) is 2. The van der Waals surface area contributed by atoms with Gasteiger partial charge in [-0.05, 0) is 49.6 Å². The lowest BCUT2D eigenvalue weighted by molar-refractivity contribution is 0.0557. The minimum Gasteiger partial charge on any atom is -0.320 e. The van der Waals surface area contributed by atoms with E-state index in [-0.39, 0.29) is 4.47 Å². The molecular formula is C18H22BrF2O3PS. The lowest BCUT2D eigenvalue weighted by atomic mass is 10.1. The summed E-state index contributed by atoms with van der Waals surface area (Å²) in [7, 11) is -5.57. The second-order valence-electron chi connectivity index (χ2n) is 5.76. The van der Waals surface area contributed by atoms with Crippen molar-refractivity contribution in [2.24, 2.45) is 0 Å². The maximum absolute atomic E-state index is 13.8. The quantitative estimate of drug-likeness (QED) is 0.238. The van der Waals surface area contributed by atoms with Crippen LogP contribution in [0.4, 0.5) is 8.78 Å². The van der Waals surface area contributed by atoms with Crippen LogP contribution in [0.3, 0.4) is 0 Å². The molecule has 2 N–H and O–H groups in total. The van der Waals surface area contributed by atoms with Crippen molar-refractivity contribution >= 4 is 35.3 Å². The van der Waals surface area contributed by atoms with Gasteiger partial charge in [0.15, 0.2) is 0 Å². The zero-order valence-corrected chi connectivity index (χ0v) is 17.7. The molecule has 0 atom stereocenters. The summed E-state index contributed by atoms with van der Waals surface area (Å²) in [5.41, 5.74) is -3.03. The molecule has 144 valence electrons. The molecule has 0 radical (unpaired) electrons. The van der Waals surface area contributed by atoms with E-state index >= 15 is 0 Å². The fraction of sp³-hybridized carbons (Fsp3) is 0.333. The largest absolute Gasteiger partial charge is 0.399 e. The Kier molecular flexibility index (Phi) is 8.97. The Hall–Kier alpha value is -0.720. The maximum Gasteiger partial charge on any atom is 0.399 e. The normalized spacial score (nSPS) is 12.9. The van der Waals surface area contributed by atoms with E-state index in [4.69, 9.17) is 9.79 Å². The molecule has 1 aromatic carbocycles. The minimum absolute atomic E-state index is 0.00360. The highest BCUT2D eigenvalue weighted by Crippen LogP contribution is 2.60. The average molecular weight is 467 g/mol. The number of thioether (sulfide) groups is 1. The molecule has 0 aliphatic carbocycles. The van der Waals surface area contributed by atoms with Crippen LogP contribution in [0.1, 0.15) is 30.9 Å². The molecule has 26 heavy (non-hydrogen) atoms. The molecule has 0 spiro atoms. The van der Waals surface area contributed by atoms with Crippen LogP contribution in [0.15, 0.2) is 58.5 Å². The molecule has 0 aliphatic heterocycles. The number of allylic oxidation sites excluding steroid dienone is 3. The van der Waals surface area contributed by atoms with Gasteiger partial charge in [0.1, 0.15) is 0 Å². The van der Waals surface area contributed by atoms with Crippen LogP contribution in [-0.2, 0) is 16.6 Å². The Labute approximate surface area is 165 Å². The fourth-order valence-corrected chi connectivity index (χ4v) is 4.32. The number of alkyl halides is 2. The van der Waals surface area contributed by atoms with E-state index in [1.807, 2.05) is 13.0 Å². The Balaban J connectivity index is 2.56. The van der Waals surface area contributed by atoms with E-state index in [9.17, 15) is 13.3 Å². The van der Waals surface area contributed by atoms with Crippen molar-refractivity contribution in [1.82, 2.24) is 0 Å². The highest BCUT2D eigenvalue weighted by Gasteiger charge is 2.51. The summed E-state index contributed by atoms with van der Waals surface area (Å²) in [6, 6.07) is 4.03. The van der Waals surface area contributed by atoms with Crippen molar-refractivity contribution in [3.05, 3.63) is 69.6 Å². The van der Waals surface area contributed by atoms with Gasteiger partial charge in [0.05, 0.1) is 0 Å². The standard InChI is InChI=1S/C18H22BrF2O3PS/c1-4-13(2)11-14(3)26-10-6-5-7-15-8-9-16(17(19)12-15)18(20,21)25(22,23)24/h4,8-9,11-12H,1,3,5-7,10H2,2H3,(H2,22,23,24)/b13-11-. The Morgan fingerprint density at radius 2 is 2.04 bits per heavy atom. The molecule has 0 aromatic heterocycles. The monoisotopic (exact) mass is 466 g/mol. The molecular weight excluding hydrogens is 445 g/mol. The second-order valence-corrected chi connectivity index (χ2v) is 9.49. The first-order chi connectivity index (χ1) is 12.0. The van der Waals surface area contributed by atoms with E-state index < -0.39 is 18.8 Å². The molecule has 0 fully saturated rings. The summed E-state index contributed by atoms with van der Waals surface area (Å²) >= 11 is 4.65. The smallest absolute Gasteiger partial charge is 0.320 e. The van der Waals surface area contributed by atoms with Gasteiger partial charge in [-0.1, -0.05) is 52.9 Å². The fourth-order valence-electron chi connectivity index (χ4n) is 2.10. The summed E-state index contributed by atoms with van der Waals surface area (Å²) in [4.78, 5) is 18.6. The lowest BCUT2D eigenvalue weighted by Crippen LogP contribution is -2.14. The van der Waals surface area contributed by atoms with Crippen molar-refractivity contribution in [1.29, 1.82) is 0 Å². The van der Waals surface area contributed by atoms with Gasteiger partial charge < -0.3 is 9.79 Å². The van der Waals surface area contributed by atoms with Gasteiger partial charge in [-0.15, -0.1) is 11.8 Å². The second kappa shape index (κ2) is 10.00. The van der Waals surface area contributed by atoms with Gasteiger partial charge in [-0.2, -0.15) is 8.78 Å². The van der Waals surface area contributed by atoms with Crippen molar-refractivity contribution in [2.45, 2.75) is 31.8 Å². The molecule has 0 bridgehead atoms. The van der Waals surface area contributed by atoms with Gasteiger partial charge in [-0.25, -0.2) is 0 Å². The number of aryl methyl sites for hydroxylation is 1. The SMILES string of the molecule is C=C/C(C)=C\C(=C)SCCCCc1ccc(C(F)(F)P(=O)(O)O)c(Br)c1. The Bertz CT molecular complexity index is 744. The lowest BCUT2D eigenvalue weighted by Gasteiger charge is -2.19. The third kappa shape index (κ3) is 6.78. The van der Waals surface area contributed by atoms with E-state index in [0.717, 1.165) is 40.7 Å². The summed E-state index contributed by atoms with van der Waals surface area (Å²) in [5, 5.41) is 0. The van der Waals surface area contributed by atoms with Crippen molar-refractivity contribution in [3.8, 4) is 0 Å². The zero-order chi connectivity index (χ0) is 20.0. The molecule has 3 nitrogen and oxygen atoms in total. The van der Waals surface area contributed by atoms with Gasteiger partial charge in [0.2, 0.25) is 0 Å². The summed E-state index contributed by atoms with van der Waals surface area (Å²) in [6.45, 7) is 9.60. The molecule has 1 rings (SSSR count). The van der Waals surface area contributed by atoms with Gasteiger partial charge in [0.25, 0.3) is 0 Å². The molecule has 0 heterocycles. The van der Waals surface area contributed by atoms with Gasteiger partial charge in [0, 0.05) is 14.9 Å². The topological polar surface area (TPSA) is 57.5 Å². The summed E-state index contributed by atoms with van der Waals surface area (Å²) < 4.78 is 38.5. The molecule has 0 unspecified atom stereocenters. The molecule has 0 aliphatic rings. The molecule has 0 amide bonds. The first-order valence-corrected chi connectivity index (χ1v) is 11.2. The molecule has 1 aromatic rings. The number of unbranched alkanes of at least 4 members (excludes halogenated alkanes) is 1. The number of benzene rings is 1. The number of hydrogen-bond donors (Lipinski definition) is 2. The zero-order valence-electron chi connectivity index (χ0n) is 14.4. The molecule has 0 saturated carbocycles. The van der Waals surface area contributed by atoms with Gasteiger partial charge in [-0.3, -0.25) is 4.57 Å². The Morgan fingerprint density at radius 3 is 2.58 bits per heavy atom. The van der Waals surface area contributed by atoms with Crippen LogP contribution < -0.4 is 0 Å². The molecule has 8 heteroatoms. The number of rotatable bonds is 10. The average Bonchev–Trinajstić information content (AvgIpc) is 2.53. The third-order valence-electron chi connectivity index (χ3n) is 3.58. The van der Waals surface area contributed by atoms with Crippen LogP contribution in [0.25, 0.3) is 0 Å². The van der Waals surface area contributed by atoms with Crippen molar-refractivity contribution in [3.63, 3.8) is 0 Å². The predicted molar refractivity (Wildman–Crippen MR) is 109 cm³/mol. The third-order valence-corrected chi connectivity index (χ3v) is 6.19. The van der Waals surface area contributed by atoms with E-state index in [2.05, 4.69) is 29.1 Å². The van der Waals surface area contributed by atoms with Crippen LogP contribution >= 0.6 is 35.3 Å². The minimum atomic E-state index is -5.57. The van der Waals surface area contributed by atoms with E-state index in [1.165, 1.54) is 12.1 Å². The van der Waals surface area contributed by atoms with Crippen molar-refractivity contribution < 1.29 is 23.1 Å². The first kappa shape index (κ1) is 23.3. The van der Waals surface area contributed by atoms with Crippen molar-refractivity contribution in [2.75, 3.05) is 5.75 Å². The highest BCUT2D eigenvalue weighted by molar-refractivity contribution is 9.10. The predicted octanol–water partition coefficient (Wildman–Crippen LogP) is 6.38. The van der Waals surface area contributed by atoms with Crippen LogP contribution in [0, 0.1) is 0 Å². The summed E-state index contributed by atoms with van der Waals surface area (Å²) in [6.07, 6.45) is 6.22. The first-order valence-electron chi connectivity index (χ1n) is 7.84. The Morgan fingerprint density at radius 1 is 1.38 bits per heavy atom. The van der Waals surface area contributed by atoms with E-state index in [0.29, 0.717) is 6.42 Å². The van der Waals surface area contributed by atoms with E-state index in [1.54, 1.807) is 17.8 Å². The number of halogens is 3. The van der Waals surface area contributed by atoms with Crippen LogP contribution in [0.5, 0.6) is 0 Å². The maximum atomic E-state index is 13.8. The highest BCUT2D eigenvalue weighted by atomic mass is 79.9. The van der Waals surface area contributed by atoms with Crippen LogP contribution in [-0.4, -0.2) is 15.5 Å². The summed E-state index contributed by atoms with van der Waals surface area (Å²) in [5.74, 6) is 0.898. The molecule has 0 saturated heterocycles. The van der Waals surface area contributed by atoms with Crippen LogP contribution in [0.2, 0.25) is 0 Å². The van der Waals surface area contributed by atoms with Gasteiger partial charge >= 0.3 is 13.3 Å².